The van der Waals surface area contributed by atoms with Crippen molar-refractivity contribution in [2.75, 3.05) is 18.6 Å². The fourth-order valence-corrected chi connectivity index (χ4v) is 2.48. The van der Waals surface area contributed by atoms with Crippen molar-refractivity contribution in [1.82, 2.24) is 5.32 Å². The summed E-state index contributed by atoms with van der Waals surface area (Å²) in [5.74, 6) is 0.789. The fourth-order valence-electron chi connectivity index (χ4n) is 1.49. The number of sulfone groups is 1. The van der Waals surface area contributed by atoms with Gasteiger partial charge in [-0.2, -0.15) is 0 Å². The Labute approximate surface area is 88.2 Å². The van der Waals surface area contributed by atoms with Gasteiger partial charge in [0.25, 0.3) is 0 Å². The molecule has 0 radical (unpaired) electrons. The Hall–Kier alpha value is -0.0900. The molecule has 0 aliphatic carbocycles. The van der Waals surface area contributed by atoms with Crippen LogP contribution in [0.4, 0.5) is 0 Å². The number of nitrogens with one attached hydrogen (secondary N) is 1. The van der Waals surface area contributed by atoms with E-state index in [1.807, 2.05) is 0 Å². The van der Waals surface area contributed by atoms with E-state index in [-0.39, 0.29) is 11.8 Å². The molecule has 0 aliphatic rings. The molecule has 0 spiro atoms. The third kappa shape index (κ3) is 8.51. The van der Waals surface area contributed by atoms with E-state index in [0.717, 1.165) is 19.4 Å². The Kier molecular flexibility index (Phi) is 6.36. The summed E-state index contributed by atoms with van der Waals surface area (Å²) in [5.41, 5.74) is 0. The van der Waals surface area contributed by atoms with Crippen molar-refractivity contribution < 1.29 is 8.42 Å². The second-order valence-corrected chi connectivity index (χ2v) is 6.56. The molecule has 0 rings (SSSR count). The molecule has 0 aliphatic heterocycles. The smallest absolute Gasteiger partial charge is 0.148 e. The standard InChI is InChI=1S/C10H23NO2S/c1-5-6-11-10(7-9(2)3)8-14(4,12)13/h9-11H,5-8H2,1-4H3. The molecule has 0 aromatic heterocycles. The van der Waals surface area contributed by atoms with Gasteiger partial charge in [0.1, 0.15) is 9.84 Å². The maximum Gasteiger partial charge on any atom is 0.148 e. The lowest BCUT2D eigenvalue weighted by Gasteiger charge is -2.19. The second-order valence-electron chi connectivity index (χ2n) is 4.37. The summed E-state index contributed by atoms with van der Waals surface area (Å²) >= 11 is 0. The van der Waals surface area contributed by atoms with Crippen molar-refractivity contribution in [3.8, 4) is 0 Å². The van der Waals surface area contributed by atoms with Gasteiger partial charge >= 0.3 is 0 Å². The van der Waals surface area contributed by atoms with Crippen LogP contribution in [0.1, 0.15) is 33.6 Å². The van der Waals surface area contributed by atoms with Crippen LogP contribution in [0.5, 0.6) is 0 Å². The average molecular weight is 221 g/mol. The lowest BCUT2D eigenvalue weighted by molar-refractivity contribution is 0.441. The van der Waals surface area contributed by atoms with E-state index in [1.54, 1.807) is 0 Å². The zero-order chi connectivity index (χ0) is 11.2. The molecule has 1 unspecified atom stereocenters. The minimum Gasteiger partial charge on any atom is -0.313 e. The summed E-state index contributed by atoms with van der Waals surface area (Å²) in [5, 5.41) is 3.28. The monoisotopic (exact) mass is 221 g/mol. The van der Waals surface area contributed by atoms with Gasteiger partial charge in [-0.3, -0.25) is 0 Å². The highest BCUT2D eigenvalue weighted by atomic mass is 32.2. The van der Waals surface area contributed by atoms with Crippen LogP contribution in [0.2, 0.25) is 0 Å². The Morgan fingerprint density at radius 3 is 2.21 bits per heavy atom. The van der Waals surface area contributed by atoms with Crippen LogP contribution in [0.3, 0.4) is 0 Å². The molecule has 0 saturated heterocycles. The highest BCUT2D eigenvalue weighted by Crippen LogP contribution is 2.06. The third-order valence-electron chi connectivity index (χ3n) is 1.94. The quantitative estimate of drug-likeness (QED) is 0.707. The van der Waals surface area contributed by atoms with Crippen LogP contribution in [-0.4, -0.2) is 33.0 Å². The average Bonchev–Trinajstić information content (AvgIpc) is 1.96. The van der Waals surface area contributed by atoms with Crippen LogP contribution < -0.4 is 5.32 Å². The topological polar surface area (TPSA) is 46.2 Å². The van der Waals surface area contributed by atoms with E-state index in [2.05, 4.69) is 26.1 Å². The lowest BCUT2D eigenvalue weighted by Crippen LogP contribution is -2.36. The molecule has 0 heterocycles. The predicted octanol–water partition coefficient (Wildman–Crippen LogP) is 1.45. The normalized spacial score (nSPS) is 14.6. The summed E-state index contributed by atoms with van der Waals surface area (Å²) in [7, 11) is -2.86. The molecule has 1 atom stereocenters. The SMILES string of the molecule is CCCNC(CC(C)C)CS(C)(=O)=O. The van der Waals surface area contributed by atoms with Gasteiger partial charge in [0.05, 0.1) is 5.75 Å². The molecule has 3 nitrogen and oxygen atoms in total. The van der Waals surface area contributed by atoms with Gasteiger partial charge in [-0.05, 0) is 25.3 Å². The van der Waals surface area contributed by atoms with Crippen molar-refractivity contribution in [2.24, 2.45) is 5.92 Å². The molecular weight excluding hydrogens is 198 g/mol. The van der Waals surface area contributed by atoms with Gasteiger partial charge < -0.3 is 5.32 Å². The molecule has 0 fully saturated rings. The van der Waals surface area contributed by atoms with Crippen molar-refractivity contribution in [1.29, 1.82) is 0 Å². The number of hydrogen-bond donors (Lipinski definition) is 1. The molecule has 86 valence electrons. The van der Waals surface area contributed by atoms with E-state index in [0.29, 0.717) is 5.92 Å². The van der Waals surface area contributed by atoms with Crippen LogP contribution in [-0.2, 0) is 9.84 Å². The minimum absolute atomic E-state index is 0.116. The van der Waals surface area contributed by atoms with E-state index < -0.39 is 9.84 Å². The molecule has 4 heteroatoms. The van der Waals surface area contributed by atoms with E-state index >= 15 is 0 Å². The molecule has 0 aromatic rings. The fraction of sp³-hybridized carbons (Fsp3) is 1.00. The zero-order valence-corrected chi connectivity index (χ0v) is 10.5. The molecule has 0 bridgehead atoms. The van der Waals surface area contributed by atoms with Gasteiger partial charge in [0.2, 0.25) is 0 Å². The lowest BCUT2D eigenvalue weighted by atomic mass is 10.1. The number of rotatable bonds is 7. The first-order chi connectivity index (χ1) is 6.35. The van der Waals surface area contributed by atoms with Crippen molar-refractivity contribution in [2.45, 2.75) is 39.7 Å². The maximum atomic E-state index is 11.1. The Morgan fingerprint density at radius 2 is 1.86 bits per heavy atom. The van der Waals surface area contributed by atoms with Crippen molar-refractivity contribution in [3.63, 3.8) is 0 Å². The maximum absolute atomic E-state index is 11.1. The minimum atomic E-state index is -2.86. The summed E-state index contributed by atoms with van der Waals surface area (Å²) in [6.07, 6.45) is 3.26. The van der Waals surface area contributed by atoms with Crippen molar-refractivity contribution >= 4 is 9.84 Å². The third-order valence-corrected chi connectivity index (χ3v) is 2.95. The van der Waals surface area contributed by atoms with E-state index in [1.165, 1.54) is 6.26 Å². The highest BCUT2D eigenvalue weighted by Gasteiger charge is 2.15. The summed E-state index contributed by atoms with van der Waals surface area (Å²) in [6, 6.07) is 0.116. The Balaban J connectivity index is 4.10. The summed E-state index contributed by atoms with van der Waals surface area (Å²) in [4.78, 5) is 0. The molecule has 0 aromatic carbocycles. The first-order valence-electron chi connectivity index (χ1n) is 5.26. The van der Waals surface area contributed by atoms with Gasteiger partial charge in [0, 0.05) is 12.3 Å². The molecular formula is C10H23NO2S. The molecule has 0 saturated carbocycles. The molecule has 0 amide bonds. The van der Waals surface area contributed by atoms with Gasteiger partial charge in [-0.15, -0.1) is 0 Å². The zero-order valence-electron chi connectivity index (χ0n) is 9.71. The van der Waals surface area contributed by atoms with Gasteiger partial charge in [-0.25, -0.2) is 8.42 Å². The largest absolute Gasteiger partial charge is 0.313 e. The van der Waals surface area contributed by atoms with Crippen molar-refractivity contribution in [3.05, 3.63) is 0 Å². The van der Waals surface area contributed by atoms with Crippen LogP contribution in [0.15, 0.2) is 0 Å². The predicted molar refractivity (Wildman–Crippen MR) is 61.2 cm³/mol. The molecule has 14 heavy (non-hydrogen) atoms. The second kappa shape index (κ2) is 6.40. The van der Waals surface area contributed by atoms with Gasteiger partial charge in [0.15, 0.2) is 0 Å². The highest BCUT2D eigenvalue weighted by molar-refractivity contribution is 7.90. The van der Waals surface area contributed by atoms with E-state index in [9.17, 15) is 8.42 Å². The van der Waals surface area contributed by atoms with Crippen LogP contribution in [0, 0.1) is 5.92 Å². The number of hydrogen-bond acceptors (Lipinski definition) is 3. The van der Waals surface area contributed by atoms with Crippen LogP contribution in [0.25, 0.3) is 0 Å². The van der Waals surface area contributed by atoms with E-state index in [4.69, 9.17) is 0 Å². The summed E-state index contributed by atoms with van der Waals surface area (Å²) < 4.78 is 22.3. The first kappa shape index (κ1) is 13.9. The Bertz CT molecular complexity index is 235. The molecule has 1 N–H and O–H groups in total. The summed E-state index contributed by atoms with van der Waals surface area (Å²) in [6.45, 7) is 7.21. The first-order valence-corrected chi connectivity index (χ1v) is 7.32. The van der Waals surface area contributed by atoms with Crippen LogP contribution >= 0.6 is 0 Å². The Morgan fingerprint density at radius 1 is 1.29 bits per heavy atom. The van der Waals surface area contributed by atoms with Gasteiger partial charge in [-0.1, -0.05) is 20.8 Å².